The fraction of sp³-hybridized carbons (Fsp3) is 0.462. The van der Waals surface area contributed by atoms with Gasteiger partial charge in [-0.05, 0) is 30.5 Å². The van der Waals surface area contributed by atoms with E-state index in [9.17, 15) is 9.90 Å². The van der Waals surface area contributed by atoms with Crippen LogP contribution >= 0.6 is 15.9 Å². The van der Waals surface area contributed by atoms with Gasteiger partial charge in [-0.2, -0.15) is 0 Å². The van der Waals surface area contributed by atoms with Crippen molar-refractivity contribution < 1.29 is 9.90 Å². The van der Waals surface area contributed by atoms with Gasteiger partial charge in [0, 0.05) is 11.0 Å². The lowest BCUT2D eigenvalue weighted by atomic mass is 9.92. The van der Waals surface area contributed by atoms with Crippen molar-refractivity contribution in [2.75, 3.05) is 0 Å². The van der Waals surface area contributed by atoms with Crippen LogP contribution in [0.15, 0.2) is 28.7 Å². The van der Waals surface area contributed by atoms with E-state index in [1.54, 1.807) is 0 Å². The van der Waals surface area contributed by atoms with E-state index in [2.05, 4.69) is 21.2 Å². The van der Waals surface area contributed by atoms with Crippen LogP contribution in [0.5, 0.6) is 0 Å². The number of carbonyl (C=O) groups is 1. The Hall–Kier alpha value is -0.870. The first-order valence-electron chi connectivity index (χ1n) is 5.77. The van der Waals surface area contributed by atoms with Gasteiger partial charge in [0.1, 0.15) is 5.54 Å². The fourth-order valence-electron chi connectivity index (χ4n) is 1.80. The second-order valence-electron chi connectivity index (χ2n) is 4.08. The summed E-state index contributed by atoms with van der Waals surface area (Å²) < 4.78 is 1.01. The maximum absolute atomic E-state index is 11.3. The maximum atomic E-state index is 11.3. The highest BCUT2D eigenvalue weighted by molar-refractivity contribution is 9.10. The maximum Gasteiger partial charge on any atom is 0.323 e. The number of aliphatic carboxylic acids is 1. The van der Waals surface area contributed by atoms with Crippen molar-refractivity contribution >= 4 is 21.9 Å². The Morgan fingerprint density at radius 3 is 2.53 bits per heavy atom. The number of hydrogen-bond donors (Lipinski definition) is 2. The van der Waals surface area contributed by atoms with Gasteiger partial charge in [-0.3, -0.25) is 10.1 Å². The molecule has 94 valence electrons. The predicted molar refractivity (Wildman–Crippen MR) is 71.9 cm³/mol. The van der Waals surface area contributed by atoms with E-state index in [0.717, 1.165) is 10.0 Å². The number of benzene rings is 1. The fourth-order valence-corrected chi connectivity index (χ4v) is 2.24. The minimum Gasteiger partial charge on any atom is -0.480 e. The highest BCUT2D eigenvalue weighted by Crippen LogP contribution is 2.17. The zero-order valence-corrected chi connectivity index (χ0v) is 11.8. The van der Waals surface area contributed by atoms with Crippen LogP contribution in [0, 0.1) is 0 Å². The molecule has 0 amide bonds. The minimum absolute atomic E-state index is 0.563. The van der Waals surface area contributed by atoms with Gasteiger partial charge < -0.3 is 5.11 Å². The van der Waals surface area contributed by atoms with Crippen LogP contribution in [0.1, 0.15) is 32.3 Å². The molecule has 2 N–H and O–H groups in total. The number of rotatable bonds is 6. The summed E-state index contributed by atoms with van der Waals surface area (Å²) in [6, 6.07) is 7.87. The molecule has 0 unspecified atom stereocenters. The molecule has 0 saturated carbocycles. The molecule has 1 rings (SSSR count). The van der Waals surface area contributed by atoms with Gasteiger partial charge in [0.2, 0.25) is 0 Å². The Balaban J connectivity index is 2.74. The van der Waals surface area contributed by atoms with E-state index in [1.807, 2.05) is 38.1 Å². The number of carboxylic acid groups (broad SMARTS) is 1. The molecule has 0 aromatic heterocycles. The summed E-state index contributed by atoms with van der Waals surface area (Å²) in [5, 5.41) is 12.4. The molecule has 0 bridgehead atoms. The lowest BCUT2D eigenvalue weighted by Gasteiger charge is -2.28. The van der Waals surface area contributed by atoms with Crippen LogP contribution in [-0.2, 0) is 11.3 Å². The average molecular weight is 300 g/mol. The Morgan fingerprint density at radius 2 is 2.06 bits per heavy atom. The first-order valence-corrected chi connectivity index (χ1v) is 6.56. The summed E-state index contributed by atoms with van der Waals surface area (Å²) in [5.74, 6) is -0.780. The van der Waals surface area contributed by atoms with Crippen LogP contribution < -0.4 is 5.32 Å². The number of carboxylic acids is 1. The average Bonchev–Trinajstić information content (AvgIpc) is 2.31. The minimum atomic E-state index is -0.817. The van der Waals surface area contributed by atoms with Crippen molar-refractivity contribution in [3.63, 3.8) is 0 Å². The molecular weight excluding hydrogens is 282 g/mol. The van der Waals surface area contributed by atoms with E-state index >= 15 is 0 Å². The third-order valence-electron chi connectivity index (χ3n) is 3.14. The van der Waals surface area contributed by atoms with Crippen molar-refractivity contribution in [3.8, 4) is 0 Å². The molecule has 4 heteroatoms. The largest absolute Gasteiger partial charge is 0.480 e. The molecule has 1 aromatic carbocycles. The Kier molecular flexibility index (Phi) is 5.15. The molecule has 1 aromatic rings. The van der Waals surface area contributed by atoms with Crippen molar-refractivity contribution in [3.05, 3.63) is 34.3 Å². The first-order chi connectivity index (χ1) is 8.04. The molecule has 0 heterocycles. The molecule has 0 atom stereocenters. The van der Waals surface area contributed by atoms with Crippen LogP contribution in [0.3, 0.4) is 0 Å². The zero-order valence-electron chi connectivity index (χ0n) is 10.2. The molecule has 0 spiro atoms. The van der Waals surface area contributed by atoms with E-state index in [-0.39, 0.29) is 0 Å². The van der Waals surface area contributed by atoms with Gasteiger partial charge in [0.25, 0.3) is 0 Å². The molecular formula is C13H18BrNO2. The van der Waals surface area contributed by atoms with Gasteiger partial charge in [-0.1, -0.05) is 41.9 Å². The summed E-state index contributed by atoms with van der Waals surface area (Å²) >= 11 is 3.40. The summed E-state index contributed by atoms with van der Waals surface area (Å²) in [6.07, 6.45) is 1.15. The number of nitrogens with one attached hydrogen (secondary N) is 1. The van der Waals surface area contributed by atoms with Gasteiger partial charge >= 0.3 is 5.97 Å². The molecule has 0 aliphatic carbocycles. The summed E-state index contributed by atoms with van der Waals surface area (Å²) in [5.41, 5.74) is 0.259. The van der Waals surface area contributed by atoms with Crippen LogP contribution in [0.4, 0.5) is 0 Å². The Morgan fingerprint density at radius 1 is 1.41 bits per heavy atom. The molecule has 0 aliphatic heterocycles. The Bertz CT molecular complexity index is 389. The van der Waals surface area contributed by atoms with Gasteiger partial charge in [-0.25, -0.2) is 0 Å². The molecule has 0 aliphatic rings. The molecule has 0 radical (unpaired) electrons. The molecule has 3 nitrogen and oxygen atoms in total. The lowest BCUT2D eigenvalue weighted by molar-refractivity contribution is -0.145. The van der Waals surface area contributed by atoms with Crippen LogP contribution in [-0.4, -0.2) is 16.6 Å². The van der Waals surface area contributed by atoms with Gasteiger partial charge in [0.05, 0.1) is 0 Å². The van der Waals surface area contributed by atoms with Gasteiger partial charge in [0.15, 0.2) is 0 Å². The standard InChI is InChI=1S/C13H18BrNO2/c1-3-13(4-2,12(16)17)15-9-10-6-5-7-11(14)8-10/h5-8,15H,3-4,9H2,1-2H3,(H,16,17). The zero-order chi connectivity index (χ0) is 12.9. The van der Waals surface area contributed by atoms with Crippen LogP contribution in [0.25, 0.3) is 0 Å². The van der Waals surface area contributed by atoms with Crippen molar-refractivity contribution in [2.24, 2.45) is 0 Å². The topological polar surface area (TPSA) is 49.3 Å². The molecule has 0 fully saturated rings. The van der Waals surface area contributed by atoms with E-state index < -0.39 is 11.5 Å². The summed E-state index contributed by atoms with van der Waals surface area (Å²) in [7, 11) is 0. The summed E-state index contributed by atoms with van der Waals surface area (Å²) in [4.78, 5) is 11.3. The number of halogens is 1. The van der Waals surface area contributed by atoms with Crippen molar-refractivity contribution in [1.82, 2.24) is 5.32 Å². The highest BCUT2D eigenvalue weighted by atomic mass is 79.9. The highest BCUT2D eigenvalue weighted by Gasteiger charge is 2.33. The normalized spacial score (nSPS) is 11.5. The van der Waals surface area contributed by atoms with E-state index in [0.29, 0.717) is 19.4 Å². The quantitative estimate of drug-likeness (QED) is 0.848. The van der Waals surface area contributed by atoms with Crippen molar-refractivity contribution in [1.29, 1.82) is 0 Å². The lowest BCUT2D eigenvalue weighted by Crippen LogP contribution is -2.50. The van der Waals surface area contributed by atoms with Crippen molar-refractivity contribution in [2.45, 2.75) is 38.8 Å². The van der Waals surface area contributed by atoms with Gasteiger partial charge in [-0.15, -0.1) is 0 Å². The first kappa shape index (κ1) is 14.2. The third-order valence-corrected chi connectivity index (χ3v) is 3.63. The second-order valence-corrected chi connectivity index (χ2v) is 4.99. The van der Waals surface area contributed by atoms with E-state index in [4.69, 9.17) is 0 Å². The monoisotopic (exact) mass is 299 g/mol. The molecule has 17 heavy (non-hydrogen) atoms. The SMILES string of the molecule is CCC(CC)(NCc1cccc(Br)c1)C(=O)O. The summed E-state index contributed by atoms with van der Waals surface area (Å²) in [6.45, 7) is 4.35. The number of hydrogen-bond acceptors (Lipinski definition) is 2. The predicted octanol–water partition coefficient (Wildman–Crippen LogP) is 3.18. The van der Waals surface area contributed by atoms with E-state index in [1.165, 1.54) is 0 Å². The molecule has 0 saturated heterocycles. The Labute approximate surface area is 110 Å². The third kappa shape index (κ3) is 3.54. The smallest absolute Gasteiger partial charge is 0.323 e. The second kappa shape index (κ2) is 6.17. The van der Waals surface area contributed by atoms with Crippen LogP contribution in [0.2, 0.25) is 0 Å².